The standard InChI is InChI=1S/C18H38BClO3Si2/c1-16(2,3)25(10,11)21-13-12-15(24(8,9)20)14-19-22-17(4,5)18(6,7)23-19/h14H,12-13H2,1-11H3/b15-14-. The molecule has 0 aromatic rings. The second kappa shape index (κ2) is 7.44. The third-order valence-corrected chi connectivity index (χ3v) is 13.2. The smallest absolute Gasteiger partial charge is 0.417 e. The molecule has 0 spiro atoms. The first-order valence-electron chi connectivity index (χ1n) is 9.29. The zero-order valence-corrected chi connectivity index (χ0v) is 20.9. The Hall–Kier alpha value is 0.409. The van der Waals surface area contributed by atoms with Gasteiger partial charge in [-0.1, -0.05) is 45.0 Å². The minimum atomic E-state index is -1.98. The Morgan fingerprint density at radius 1 is 1.04 bits per heavy atom. The molecule has 146 valence electrons. The average molecular weight is 405 g/mol. The molecule has 1 rings (SSSR count). The Morgan fingerprint density at radius 2 is 1.48 bits per heavy atom. The lowest BCUT2D eigenvalue weighted by Gasteiger charge is -2.36. The molecule has 3 nitrogen and oxygen atoms in total. The van der Waals surface area contributed by atoms with E-state index in [1.165, 1.54) is 5.20 Å². The molecule has 0 aromatic carbocycles. The van der Waals surface area contributed by atoms with Crippen LogP contribution in [0, 0.1) is 0 Å². The molecule has 7 heteroatoms. The summed E-state index contributed by atoms with van der Waals surface area (Å²) in [7, 11) is -4.05. The highest BCUT2D eigenvalue weighted by atomic mass is 35.6. The van der Waals surface area contributed by atoms with E-state index in [9.17, 15) is 0 Å². The normalized spacial score (nSPS) is 21.8. The van der Waals surface area contributed by atoms with Crippen molar-refractivity contribution >= 4 is 33.9 Å². The van der Waals surface area contributed by atoms with Crippen molar-refractivity contribution in [3.8, 4) is 0 Å². The molecule has 1 heterocycles. The van der Waals surface area contributed by atoms with Crippen LogP contribution in [0.5, 0.6) is 0 Å². The molecule has 0 radical (unpaired) electrons. The van der Waals surface area contributed by atoms with Crippen LogP contribution >= 0.6 is 11.1 Å². The molecule has 1 aliphatic heterocycles. The molecule has 0 amide bonds. The van der Waals surface area contributed by atoms with E-state index < -0.39 is 15.7 Å². The molecule has 0 unspecified atom stereocenters. The minimum absolute atomic E-state index is 0.219. The number of hydrogen-bond donors (Lipinski definition) is 0. The van der Waals surface area contributed by atoms with Gasteiger partial charge in [0.2, 0.25) is 0 Å². The van der Waals surface area contributed by atoms with E-state index in [0.29, 0.717) is 6.61 Å². The highest BCUT2D eigenvalue weighted by Gasteiger charge is 2.50. The van der Waals surface area contributed by atoms with E-state index in [0.717, 1.165) is 6.42 Å². The zero-order chi connectivity index (χ0) is 19.9. The summed E-state index contributed by atoms with van der Waals surface area (Å²) in [5, 5.41) is 1.46. The van der Waals surface area contributed by atoms with E-state index in [1.54, 1.807) is 0 Å². The fraction of sp³-hybridized carbons (Fsp3) is 0.889. The predicted octanol–water partition coefficient (Wildman–Crippen LogP) is 5.94. The summed E-state index contributed by atoms with van der Waals surface area (Å²) in [6.07, 6.45) is 0.847. The molecule has 0 saturated carbocycles. The van der Waals surface area contributed by atoms with Crippen molar-refractivity contribution in [2.75, 3.05) is 6.61 Å². The van der Waals surface area contributed by atoms with Crippen molar-refractivity contribution in [1.82, 2.24) is 0 Å². The Bertz CT molecular complexity index is 489. The molecule has 0 aliphatic carbocycles. The summed E-state index contributed by atoms with van der Waals surface area (Å²) >= 11 is 6.77. The molecule has 0 N–H and O–H groups in total. The van der Waals surface area contributed by atoms with Gasteiger partial charge in [0, 0.05) is 6.61 Å². The molecule has 0 bridgehead atoms. The van der Waals surface area contributed by atoms with E-state index >= 15 is 0 Å². The first-order chi connectivity index (χ1) is 10.9. The summed E-state index contributed by atoms with van der Waals surface area (Å²) in [5.74, 6) is 2.10. The van der Waals surface area contributed by atoms with Gasteiger partial charge < -0.3 is 13.7 Å². The number of hydrogen-bond acceptors (Lipinski definition) is 3. The summed E-state index contributed by atoms with van der Waals surface area (Å²) in [6.45, 7) is 24.7. The highest BCUT2D eigenvalue weighted by Crippen LogP contribution is 2.39. The van der Waals surface area contributed by atoms with Gasteiger partial charge in [-0.15, -0.1) is 0 Å². The summed E-state index contributed by atoms with van der Waals surface area (Å²) in [6, 6.07) is 0. The van der Waals surface area contributed by atoms with Crippen molar-refractivity contribution in [1.29, 1.82) is 0 Å². The maximum atomic E-state index is 6.77. The summed E-state index contributed by atoms with van der Waals surface area (Å²) in [5.41, 5.74) is -0.649. The maximum Gasteiger partial charge on any atom is 0.486 e. The lowest BCUT2D eigenvalue weighted by molar-refractivity contribution is 0.00578. The van der Waals surface area contributed by atoms with Crippen molar-refractivity contribution in [3.05, 3.63) is 11.2 Å². The lowest BCUT2D eigenvalue weighted by atomic mass is 9.89. The Balaban J connectivity index is 2.84. The predicted molar refractivity (Wildman–Crippen MR) is 115 cm³/mol. The van der Waals surface area contributed by atoms with Gasteiger partial charge in [0.05, 0.1) is 11.2 Å². The van der Waals surface area contributed by atoms with Gasteiger partial charge in [0.25, 0.3) is 0 Å². The monoisotopic (exact) mass is 404 g/mol. The molecular weight excluding hydrogens is 367 g/mol. The van der Waals surface area contributed by atoms with E-state index in [-0.39, 0.29) is 23.4 Å². The topological polar surface area (TPSA) is 27.7 Å². The van der Waals surface area contributed by atoms with Crippen LogP contribution < -0.4 is 0 Å². The second-order valence-electron chi connectivity index (χ2n) is 10.1. The van der Waals surface area contributed by atoms with Crippen LogP contribution in [-0.4, -0.2) is 40.6 Å². The van der Waals surface area contributed by atoms with E-state index in [4.69, 9.17) is 24.8 Å². The van der Waals surface area contributed by atoms with Crippen LogP contribution in [-0.2, 0) is 13.7 Å². The Labute approximate surface area is 162 Å². The Kier molecular flexibility index (Phi) is 6.98. The van der Waals surface area contributed by atoms with Gasteiger partial charge in [-0.2, -0.15) is 11.1 Å². The quantitative estimate of drug-likeness (QED) is 0.405. The third kappa shape index (κ3) is 5.94. The van der Waals surface area contributed by atoms with Gasteiger partial charge in [0.1, 0.15) is 0 Å². The van der Waals surface area contributed by atoms with Gasteiger partial charge >= 0.3 is 7.12 Å². The van der Waals surface area contributed by atoms with Gasteiger partial charge in [0.15, 0.2) is 15.7 Å². The molecule has 1 saturated heterocycles. The van der Waals surface area contributed by atoms with Crippen molar-refractivity contribution < 1.29 is 13.7 Å². The van der Waals surface area contributed by atoms with Crippen LogP contribution in [0.4, 0.5) is 0 Å². The van der Waals surface area contributed by atoms with E-state index in [2.05, 4.69) is 80.6 Å². The Morgan fingerprint density at radius 3 is 1.84 bits per heavy atom. The van der Waals surface area contributed by atoms with Gasteiger partial charge in [-0.05, 0) is 52.2 Å². The van der Waals surface area contributed by atoms with Crippen LogP contribution in [0.3, 0.4) is 0 Å². The molecule has 25 heavy (non-hydrogen) atoms. The van der Waals surface area contributed by atoms with Gasteiger partial charge in [-0.3, -0.25) is 0 Å². The second-order valence-corrected chi connectivity index (χ2v) is 21.4. The van der Waals surface area contributed by atoms with Gasteiger partial charge in [-0.25, -0.2) is 0 Å². The summed E-state index contributed by atoms with van der Waals surface area (Å²) in [4.78, 5) is 0. The largest absolute Gasteiger partial charge is 0.486 e. The minimum Gasteiger partial charge on any atom is -0.417 e. The zero-order valence-electron chi connectivity index (χ0n) is 18.2. The van der Waals surface area contributed by atoms with Crippen molar-refractivity contribution in [2.24, 2.45) is 0 Å². The van der Waals surface area contributed by atoms with Crippen LogP contribution in [0.15, 0.2) is 11.2 Å². The molecule has 0 atom stereocenters. The SMILES string of the molecule is CC1(C)OB(/C=C(/CCO[Si](C)(C)C(C)(C)C)[Si](C)(C)Cl)OC1(C)C. The fourth-order valence-electron chi connectivity index (χ4n) is 2.33. The van der Waals surface area contributed by atoms with Crippen LogP contribution in [0.25, 0.3) is 0 Å². The molecular formula is C18H38BClO3Si2. The first-order valence-corrected chi connectivity index (χ1v) is 16.2. The van der Waals surface area contributed by atoms with Crippen molar-refractivity contribution in [2.45, 2.75) is 97.3 Å². The first kappa shape index (κ1) is 23.4. The molecule has 1 aliphatic rings. The highest BCUT2D eigenvalue weighted by molar-refractivity contribution is 7.23. The molecule has 0 aromatic heterocycles. The number of rotatable bonds is 6. The average Bonchev–Trinajstić information content (AvgIpc) is 2.53. The fourth-order valence-corrected chi connectivity index (χ4v) is 5.08. The van der Waals surface area contributed by atoms with Crippen LogP contribution in [0.1, 0.15) is 54.9 Å². The third-order valence-electron chi connectivity index (χ3n) is 6.01. The number of halogens is 1. The van der Waals surface area contributed by atoms with Crippen molar-refractivity contribution in [3.63, 3.8) is 0 Å². The lowest BCUT2D eigenvalue weighted by Crippen LogP contribution is -2.41. The maximum absolute atomic E-state index is 6.77. The summed E-state index contributed by atoms with van der Waals surface area (Å²) < 4.78 is 18.6. The molecule has 1 fully saturated rings. The van der Waals surface area contributed by atoms with E-state index in [1.807, 2.05) is 0 Å². The van der Waals surface area contributed by atoms with Crippen LogP contribution in [0.2, 0.25) is 31.2 Å².